The molecular weight excluding hydrogens is 1060 g/mol. The number of hydrogen-bond donors (Lipinski definition) is 6. The Morgan fingerprint density at radius 2 is 0.768 bits per heavy atom. The van der Waals surface area contributed by atoms with Crippen molar-refractivity contribution in [1.82, 2.24) is 40.0 Å². The van der Waals surface area contributed by atoms with Crippen molar-refractivity contribution in [2.45, 2.75) is 108 Å². The fourth-order valence-electron chi connectivity index (χ4n) is 6.01. The molecule has 9 N–H and O–H groups in total. The standard InChI is InChI=1S/C16H18N2O3.C15H16N2O3.C10H15BO2.C6H6N2O3.C5H4N2O3.4CH4.Li.2H2O/c1-16(2,3)12-5-7-13(8-6-12)18-14(19)9-11(10-17-18)15(20)21-4;1-15(2,3)11-4-6-12(7-5-11)17-13(18)8-10(9-16-17)14(19)20;1-10(2,3)8-4-6-9(7-5-8)11(12)13;1-11-6(10)4-2-5(9)8-7-3-4;8-4-1-3(5(9)10)2-6-7-4;;;;;;;/h5-10H,1-4H3;4-9H,1-3H3,(H,19,20);4-7,12-13H,1-3H3;2-3H,1H3,(H,8,9);1-2H,(H,7,8)(H,9,10);4*1H4;;2*1H2/q;;;;;;;;;+1;;/p-1. The quantitative estimate of drug-likeness (QED) is 0.0987. The summed E-state index contributed by atoms with van der Waals surface area (Å²) in [6.07, 6.45) is 4.79. The van der Waals surface area contributed by atoms with E-state index in [0.29, 0.717) is 16.8 Å². The number of H-pyrrole nitrogens is 2. The molecule has 4 heterocycles. The van der Waals surface area contributed by atoms with Crippen LogP contribution in [0.4, 0.5) is 0 Å². The Hall–Kier alpha value is -8.44. The summed E-state index contributed by atoms with van der Waals surface area (Å²) in [5.74, 6) is -3.46. The summed E-state index contributed by atoms with van der Waals surface area (Å²) in [7, 11) is 1.14. The number of nitrogens with one attached hydrogen (secondary N) is 2. The maximum absolute atomic E-state index is 12.0. The Balaban J connectivity index is -0.000000303. The first-order valence-electron chi connectivity index (χ1n) is 22.6. The molecule has 82 heavy (non-hydrogen) atoms. The van der Waals surface area contributed by atoms with E-state index in [4.69, 9.17) is 20.3 Å². The fourth-order valence-corrected chi connectivity index (χ4v) is 6.01. The van der Waals surface area contributed by atoms with E-state index in [1.165, 1.54) is 59.4 Å². The average molecular weight is 1140 g/mol. The van der Waals surface area contributed by atoms with Crippen molar-refractivity contribution in [3.8, 4) is 11.4 Å². The van der Waals surface area contributed by atoms with Crippen LogP contribution >= 0.6 is 0 Å². The molecule has 26 heteroatoms. The number of aromatic amines is 2. The molecule has 0 amide bonds. The molecule has 0 aliphatic carbocycles. The van der Waals surface area contributed by atoms with Gasteiger partial charge in [-0.15, -0.1) is 0 Å². The minimum absolute atomic E-state index is 0. The van der Waals surface area contributed by atoms with Gasteiger partial charge in [0.15, 0.2) is 0 Å². The number of nitrogens with zero attached hydrogens (tertiary/aromatic N) is 6. The molecule has 0 spiro atoms. The monoisotopic (exact) mass is 1140 g/mol. The van der Waals surface area contributed by atoms with Gasteiger partial charge in [-0.25, -0.2) is 29.4 Å². The molecule has 3 aromatic carbocycles. The van der Waals surface area contributed by atoms with Crippen LogP contribution in [0.3, 0.4) is 0 Å². The molecule has 0 saturated heterocycles. The molecule has 0 fully saturated rings. The van der Waals surface area contributed by atoms with Crippen LogP contribution in [-0.4, -0.2) is 116 Å². The first-order valence-corrected chi connectivity index (χ1v) is 22.6. The van der Waals surface area contributed by atoms with Crippen LogP contribution in [0.2, 0.25) is 0 Å². The molecule has 0 unspecified atom stereocenters. The SMILES string of the molecule is C.C.C.C.CC(C)(C)c1ccc(-n2ncc(C(=O)O)cc2=O)cc1.CC(C)(C)c1ccc(B(O)O)cc1.COC(=O)c1cn[nH]c(=O)c1.COC(=O)c1cnn(-c2ccc(C(C)(C)C)cc2)c(=O)c1.O.O=C(O)c1cn[nH]c(=O)c1.[Li+].[OH-]. The summed E-state index contributed by atoms with van der Waals surface area (Å²) in [6, 6.07) is 26.8. The van der Waals surface area contributed by atoms with E-state index in [-0.39, 0.29) is 104 Å². The van der Waals surface area contributed by atoms with Gasteiger partial charge >= 0.3 is 49.9 Å². The van der Waals surface area contributed by atoms with Crippen molar-refractivity contribution in [3.63, 3.8) is 0 Å². The van der Waals surface area contributed by atoms with Crippen LogP contribution in [0, 0.1) is 0 Å². The number of hydrogen-bond acceptors (Lipinski definition) is 17. The Morgan fingerprint density at radius 1 is 0.488 bits per heavy atom. The molecule has 24 nitrogen and oxygen atoms in total. The summed E-state index contributed by atoms with van der Waals surface area (Å²) in [6.45, 7) is 19.1. The van der Waals surface area contributed by atoms with E-state index in [0.717, 1.165) is 30.0 Å². The van der Waals surface area contributed by atoms with E-state index in [1.54, 1.807) is 24.3 Å². The van der Waals surface area contributed by atoms with Gasteiger partial charge in [-0.2, -0.15) is 29.8 Å². The van der Waals surface area contributed by atoms with E-state index in [1.807, 2.05) is 48.5 Å². The molecule has 0 aliphatic heterocycles. The number of carbonyl (C=O) groups is 4. The third-order valence-corrected chi connectivity index (χ3v) is 10.3. The molecule has 0 radical (unpaired) electrons. The minimum atomic E-state index is -1.37. The number of aromatic nitrogens is 8. The van der Waals surface area contributed by atoms with Gasteiger partial charge in [0.2, 0.25) is 0 Å². The van der Waals surface area contributed by atoms with Gasteiger partial charge in [0, 0.05) is 24.3 Å². The molecule has 0 aliphatic rings. The van der Waals surface area contributed by atoms with Crippen LogP contribution in [-0.2, 0) is 25.7 Å². The molecule has 442 valence electrons. The number of ether oxygens (including phenoxy) is 2. The zero-order chi connectivity index (χ0) is 56.4. The summed E-state index contributed by atoms with van der Waals surface area (Å²) in [5, 5.41) is 53.7. The maximum Gasteiger partial charge on any atom is 1.00 e. The third kappa shape index (κ3) is 25.8. The van der Waals surface area contributed by atoms with Crippen molar-refractivity contribution >= 4 is 36.5 Å². The summed E-state index contributed by atoms with van der Waals surface area (Å²) >= 11 is 0. The molecule has 0 saturated carbocycles. The van der Waals surface area contributed by atoms with E-state index in [2.05, 4.69) is 102 Å². The van der Waals surface area contributed by atoms with Crippen molar-refractivity contribution in [2.24, 2.45) is 0 Å². The third-order valence-electron chi connectivity index (χ3n) is 10.3. The Bertz CT molecular complexity index is 3310. The molecule has 4 aromatic heterocycles. The van der Waals surface area contributed by atoms with Gasteiger partial charge in [-0.3, -0.25) is 19.2 Å². The van der Waals surface area contributed by atoms with Crippen molar-refractivity contribution in [1.29, 1.82) is 0 Å². The fraction of sp³-hybridized carbons (Fsp3) is 0.321. The smallest absolute Gasteiger partial charge is 0.870 e. The Morgan fingerprint density at radius 3 is 1.05 bits per heavy atom. The van der Waals surface area contributed by atoms with E-state index >= 15 is 0 Å². The number of carboxylic acid groups (broad SMARTS) is 2. The van der Waals surface area contributed by atoms with Gasteiger partial charge < -0.3 is 40.7 Å². The first-order chi connectivity index (χ1) is 35.0. The molecule has 0 atom stereocenters. The van der Waals surface area contributed by atoms with E-state index in [9.17, 15) is 38.4 Å². The second-order valence-electron chi connectivity index (χ2n) is 19.1. The van der Waals surface area contributed by atoms with E-state index < -0.39 is 47.7 Å². The van der Waals surface area contributed by atoms with Crippen LogP contribution in [0.5, 0.6) is 0 Å². The normalized spacial score (nSPS) is 9.82. The van der Waals surface area contributed by atoms with Gasteiger partial charge in [-0.1, -0.05) is 141 Å². The molecule has 7 rings (SSSR count). The van der Waals surface area contributed by atoms with Gasteiger partial charge in [0.1, 0.15) is 0 Å². The van der Waals surface area contributed by atoms with Gasteiger partial charge in [0.05, 0.1) is 72.6 Å². The van der Waals surface area contributed by atoms with Crippen LogP contribution < -0.4 is 46.6 Å². The zero-order valence-electron chi connectivity index (χ0n) is 45.1. The second-order valence-corrected chi connectivity index (χ2v) is 19.1. The Labute approximate surface area is 489 Å². The van der Waals surface area contributed by atoms with Crippen molar-refractivity contribution in [3.05, 3.63) is 202 Å². The average Bonchev–Trinajstić information content (AvgIpc) is 3.36. The number of benzene rings is 3. The summed E-state index contributed by atoms with van der Waals surface area (Å²) in [4.78, 5) is 87.9. The minimum Gasteiger partial charge on any atom is -0.870 e. The molecular formula is C56H78BLiN8O16. The predicted molar refractivity (Wildman–Crippen MR) is 311 cm³/mol. The number of rotatable bonds is 7. The number of methoxy groups -OCH3 is 2. The predicted octanol–water partition coefficient (Wildman–Crippen LogP) is 2.78. The summed E-state index contributed by atoms with van der Waals surface area (Å²) < 4.78 is 11.4. The largest absolute Gasteiger partial charge is 1.00 e. The van der Waals surface area contributed by atoms with Crippen molar-refractivity contribution in [2.75, 3.05) is 14.2 Å². The van der Waals surface area contributed by atoms with Gasteiger partial charge in [-0.05, 0) is 62.7 Å². The maximum atomic E-state index is 12.0. The van der Waals surface area contributed by atoms with Crippen molar-refractivity contribution < 1.29 is 78.7 Å². The second kappa shape index (κ2) is 36.7. The molecule has 0 bridgehead atoms. The number of esters is 2. The number of aromatic carboxylic acids is 2. The van der Waals surface area contributed by atoms with Crippen LogP contribution in [0.15, 0.2) is 141 Å². The zero-order valence-corrected chi connectivity index (χ0v) is 45.1. The first kappa shape index (κ1) is 82.4. The topological polar surface area (TPSA) is 390 Å². The van der Waals surface area contributed by atoms with Crippen LogP contribution in [0.25, 0.3) is 11.4 Å². The summed E-state index contributed by atoms with van der Waals surface area (Å²) in [5.41, 5.74) is 3.80. The Kier molecular flexibility index (Phi) is 36.9. The number of carboxylic acids is 2. The molecule has 7 aromatic rings. The number of carbonyl (C=O) groups excluding carboxylic acids is 2. The van der Waals surface area contributed by atoms with Gasteiger partial charge in [0.25, 0.3) is 22.2 Å². The van der Waals surface area contributed by atoms with Crippen LogP contribution in [0.1, 0.15) is 150 Å².